The molecule has 9 nitrogen and oxygen atoms in total. The number of nitro benzene ring substituents is 1. The number of nitriles is 1. The smallest absolute Gasteiger partial charge is 0.270 e. The number of azo groups is 1. The minimum Gasteiger partial charge on any atom is -0.494 e. The SMILES string of the molecule is COc1cc2c(cc1N=Nc1ccc([N+](=O)[O-])cc1C#N)C(C)=CC(C)(C)N2CCCCOI. The van der Waals surface area contributed by atoms with Crippen molar-refractivity contribution in [2.45, 2.75) is 39.2 Å². The van der Waals surface area contributed by atoms with Gasteiger partial charge in [0, 0.05) is 36.0 Å². The molecule has 0 atom stereocenters. The molecule has 34 heavy (non-hydrogen) atoms. The molecular formula is C24H26IN5O4. The standard InChI is InChI=1S/C24H26IN5O4/c1-16-14-24(2,3)29(9-5-6-10-34-25)22-13-23(33-4)21(12-19(16)22)28-27-20-8-7-18(30(31)32)11-17(20)15-26/h7-8,11-14H,5-6,9-10H2,1-4H3. The number of ether oxygens (including phenoxy) is 1. The third kappa shape index (κ3) is 5.53. The van der Waals surface area contributed by atoms with Crippen LogP contribution >= 0.6 is 23.0 Å². The molecule has 0 radical (unpaired) electrons. The van der Waals surface area contributed by atoms with Crippen LogP contribution in [0, 0.1) is 21.4 Å². The highest BCUT2D eigenvalue weighted by molar-refractivity contribution is 14.1. The number of allylic oxidation sites excluding steroid dienone is 1. The molecule has 1 aliphatic rings. The van der Waals surface area contributed by atoms with Gasteiger partial charge >= 0.3 is 0 Å². The summed E-state index contributed by atoms with van der Waals surface area (Å²) in [5, 5.41) is 28.9. The Balaban J connectivity index is 2.00. The van der Waals surface area contributed by atoms with Gasteiger partial charge < -0.3 is 12.7 Å². The number of hydrogen-bond donors (Lipinski definition) is 0. The number of benzene rings is 2. The Kier molecular flexibility index (Phi) is 8.22. The number of hydrogen-bond acceptors (Lipinski definition) is 8. The van der Waals surface area contributed by atoms with Crippen molar-refractivity contribution in [3.05, 3.63) is 57.6 Å². The third-order valence-electron chi connectivity index (χ3n) is 5.71. The van der Waals surface area contributed by atoms with E-state index >= 15 is 0 Å². The molecule has 0 saturated carbocycles. The average Bonchev–Trinajstić information content (AvgIpc) is 2.81. The van der Waals surface area contributed by atoms with Crippen LogP contribution in [0.3, 0.4) is 0 Å². The Hall–Kier alpha value is -3.04. The molecule has 178 valence electrons. The fraction of sp³-hybridized carbons (Fsp3) is 0.375. The molecule has 0 aliphatic carbocycles. The number of nitrogens with zero attached hydrogens (tertiary/aromatic N) is 5. The summed E-state index contributed by atoms with van der Waals surface area (Å²) in [6, 6.07) is 9.75. The van der Waals surface area contributed by atoms with Crippen LogP contribution in [-0.4, -0.2) is 30.7 Å². The van der Waals surface area contributed by atoms with Crippen LogP contribution in [0.2, 0.25) is 0 Å². The van der Waals surface area contributed by atoms with Crippen molar-refractivity contribution >= 4 is 51.3 Å². The molecule has 10 heteroatoms. The number of nitro groups is 1. The maximum absolute atomic E-state index is 11.0. The van der Waals surface area contributed by atoms with Gasteiger partial charge in [-0.2, -0.15) is 5.26 Å². The van der Waals surface area contributed by atoms with Gasteiger partial charge in [0.15, 0.2) is 0 Å². The summed E-state index contributed by atoms with van der Waals surface area (Å²) in [6.45, 7) is 8.02. The molecule has 0 N–H and O–H groups in total. The monoisotopic (exact) mass is 575 g/mol. The van der Waals surface area contributed by atoms with Crippen LogP contribution in [0.4, 0.5) is 22.7 Å². The molecule has 0 saturated heterocycles. The average molecular weight is 575 g/mol. The van der Waals surface area contributed by atoms with E-state index in [1.54, 1.807) is 7.11 Å². The summed E-state index contributed by atoms with van der Waals surface area (Å²) < 4.78 is 10.8. The first-order valence-electron chi connectivity index (χ1n) is 10.7. The summed E-state index contributed by atoms with van der Waals surface area (Å²) in [4.78, 5) is 12.8. The van der Waals surface area contributed by atoms with Crippen LogP contribution in [0.15, 0.2) is 46.6 Å². The highest BCUT2D eigenvalue weighted by Gasteiger charge is 2.32. The van der Waals surface area contributed by atoms with Crippen LogP contribution in [0.5, 0.6) is 5.75 Å². The number of halogens is 1. The van der Waals surface area contributed by atoms with E-state index in [0.29, 0.717) is 18.0 Å². The van der Waals surface area contributed by atoms with E-state index in [1.807, 2.05) is 41.2 Å². The third-order valence-corrected chi connectivity index (χ3v) is 6.15. The second-order valence-corrected chi connectivity index (χ2v) is 9.09. The lowest BCUT2D eigenvalue weighted by molar-refractivity contribution is -0.384. The number of rotatable bonds is 9. The fourth-order valence-electron chi connectivity index (χ4n) is 4.09. The summed E-state index contributed by atoms with van der Waals surface area (Å²) >= 11 is 1.92. The van der Waals surface area contributed by atoms with E-state index in [2.05, 4.69) is 42.0 Å². The second-order valence-electron chi connectivity index (χ2n) is 8.46. The Morgan fingerprint density at radius 1 is 1.21 bits per heavy atom. The fourth-order valence-corrected chi connectivity index (χ4v) is 4.40. The van der Waals surface area contributed by atoms with Gasteiger partial charge in [0.05, 0.1) is 29.7 Å². The van der Waals surface area contributed by atoms with Gasteiger partial charge in [-0.1, -0.05) is 6.08 Å². The number of unbranched alkanes of at least 4 members (excludes halogenated alkanes) is 1. The maximum Gasteiger partial charge on any atom is 0.270 e. The quantitative estimate of drug-likeness (QED) is 0.104. The van der Waals surface area contributed by atoms with Crippen LogP contribution < -0.4 is 9.64 Å². The zero-order valence-electron chi connectivity index (χ0n) is 19.5. The number of methoxy groups -OCH3 is 1. The Morgan fingerprint density at radius 3 is 2.59 bits per heavy atom. The second kappa shape index (κ2) is 10.9. The van der Waals surface area contributed by atoms with Crippen molar-refractivity contribution < 1.29 is 12.7 Å². The lowest BCUT2D eigenvalue weighted by Crippen LogP contribution is -2.45. The number of anilines is 1. The molecule has 0 aromatic heterocycles. The summed E-state index contributed by atoms with van der Waals surface area (Å²) in [5.74, 6) is 0.550. The molecule has 1 aliphatic heterocycles. The minimum absolute atomic E-state index is 0.0781. The molecule has 0 amide bonds. The van der Waals surface area contributed by atoms with E-state index < -0.39 is 4.92 Å². The van der Waals surface area contributed by atoms with E-state index in [-0.39, 0.29) is 22.5 Å². The molecular weight excluding hydrogens is 549 g/mol. The molecule has 2 aromatic rings. The predicted molar refractivity (Wildman–Crippen MR) is 139 cm³/mol. The largest absolute Gasteiger partial charge is 0.494 e. The van der Waals surface area contributed by atoms with Crippen molar-refractivity contribution in [2.75, 3.05) is 25.2 Å². The molecule has 0 spiro atoms. The Labute approximate surface area is 212 Å². The van der Waals surface area contributed by atoms with Crippen molar-refractivity contribution in [3.63, 3.8) is 0 Å². The van der Waals surface area contributed by atoms with E-state index in [0.717, 1.165) is 36.2 Å². The minimum atomic E-state index is -0.550. The van der Waals surface area contributed by atoms with E-state index in [9.17, 15) is 15.4 Å². The highest BCUT2D eigenvalue weighted by atomic mass is 127. The topological polar surface area (TPSA) is 113 Å². The van der Waals surface area contributed by atoms with Crippen LogP contribution in [-0.2, 0) is 3.07 Å². The highest BCUT2D eigenvalue weighted by Crippen LogP contribution is 2.45. The Bertz CT molecular complexity index is 1190. The van der Waals surface area contributed by atoms with Crippen molar-refractivity contribution in [2.24, 2.45) is 10.2 Å². The van der Waals surface area contributed by atoms with E-state index in [1.165, 1.54) is 18.2 Å². The first-order chi connectivity index (χ1) is 16.2. The lowest BCUT2D eigenvalue weighted by Gasteiger charge is -2.43. The zero-order chi connectivity index (χ0) is 24.9. The molecule has 2 aromatic carbocycles. The van der Waals surface area contributed by atoms with Gasteiger partial charge in [-0.15, -0.1) is 10.2 Å². The first kappa shape index (κ1) is 25.6. The summed E-state index contributed by atoms with van der Waals surface area (Å²) in [7, 11) is 1.58. The van der Waals surface area contributed by atoms with Gasteiger partial charge in [-0.25, -0.2) is 0 Å². The van der Waals surface area contributed by atoms with Gasteiger partial charge in [-0.05, 0) is 51.3 Å². The van der Waals surface area contributed by atoms with Gasteiger partial charge in [0.2, 0.25) is 0 Å². The predicted octanol–water partition coefficient (Wildman–Crippen LogP) is 7.04. The van der Waals surface area contributed by atoms with Gasteiger partial charge in [0.1, 0.15) is 46.2 Å². The number of non-ortho nitro benzene ring substituents is 1. The number of fused-ring (bicyclic) bond motifs is 1. The first-order valence-corrected chi connectivity index (χ1v) is 11.6. The molecule has 3 rings (SSSR count). The van der Waals surface area contributed by atoms with Crippen molar-refractivity contribution in [1.29, 1.82) is 5.26 Å². The summed E-state index contributed by atoms with van der Waals surface area (Å²) in [6.07, 6.45) is 4.19. The van der Waals surface area contributed by atoms with Crippen LogP contribution in [0.1, 0.15) is 44.7 Å². The van der Waals surface area contributed by atoms with Crippen LogP contribution in [0.25, 0.3) is 5.57 Å². The summed E-state index contributed by atoms with van der Waals surface area (Å²) in [5.41, 5.74) is 3.71. The van der Waals surface area contributed by atoms with E-state index in [4.69, 9.17) is 7.80 Å². The Morgan fingerprint density at radius 2 is 1.94 bits per heavy atom. The molecule has 0 bridgehead atoms. The molecule has 1 heterocycles. The zero-order valence-corrected chi connectivity index (χ0v) is 21.7. The lowest BCUT2D eigenvalue weighted by atomic mass is 9.88. The molecule has 0 fully saturated rings. The van der Waals surface area contributed by atoms with Gasteiger partial charge in [-0.3, -0.25) is 10.1 Å². The van der Waals surface area contributed by atoms with Crippen molar-refractivity contribution in [3.8, 4) is 11.8 Å². The normalized spacial score (nSPS) is 14.5. The molecule has 0 unspecified atom stereocenters. The maximum atomic E-state index is 11.0. The van der Waals surface area contributed by atoms with Gasteiger partial charge in [0.25, 0.3) is 5.69 Å². The van der Waals surface area contributed by atoms with Crippen molar-refractivity contribution in [1.82, 2.24) is 0 Å².